The molecule has 2 aromatic carbocycles. The Morgan fingerprint density at radius 1 is 0.955 bits per heavy atom. The van der Waals surface area contributed by atoms with Gasteiger partial charge in [-0.3, -0.25) is 24.2 Å². The van der Waals surface area contributed by atoms with Crippen LogP contribution >= 0.6 is 46.4 Å². The maximum Gasteiger partial charge on any atom is 0.259 e. The molecular weight excluding hydrogens is 646 g/mol. The molecule has 0 spiro atoms. The monoisotopic (exact) mass is 680 g/mol. The summed E-state index contributed by atoms with van der Waals surface area (Å²) in [5.74, 6) is -2.58. The summed E-state index contributed by atoms with van der Waals surface area (Å²) >= 11 is 25.7. The molecule has 3 amide bonds. The van der Waals surface area contributed by atoms with E-state index >= 15 is 0 Å². The Kier molecular flexibility index (Phi) is 10.2. The lowest BCUT2D eigenvalue weighted by Gasteiger charge is -2.43. The summed E-state index contributed by atoms with van der Waals surface area (Å²) in [5.41, 5.74) is 6.16. The third-order valence-electron chi connectivity index (χ3n) is 9.00. The van der Waals surface area contributed by atoms with E-state index in [4.69, 9.17) is 52.1 Å². The lowest BCUT2D eigenvalue weighted by Crippen LogP contribution is -2.63. The molecule has 0 saturated carbocycles. The third kappa shape index (κ3) is 6.20. The van der Waals surface area contributed by atoms with Crippen LogP contribution in [-0.2, 0) is 19.9 Å². The van der Waals surface area contributed by atoms with Crippen LogP contribution in [0.25, 0.3) is 0 Å². The molecule has 4 N–H and O–H groups in total. The molecule has 0 radical (unpaired) electrons. The fourth-order valence-corrected chi connectivity index (χ4v) is 7.49. The van der Waals surface area contributed by atoms with Gasteiger partial charge in [0.2, 0.25) is 11.8 Å². The molecule has 3 heterocycles. The van der Waals surface area contributed by atoms with Crippen molar-refractivity contribution in [3.8, 4) is 0 Å². The number of halogens is 4. The molecule has 44 heavy (non-hydrogen) atoms. The number of hydrogen-bond acceptors (Lipinski definition) is 6. The number of likely N-dealkylation sites (N-methyl/N-ethyl adjacent to an activating group) is 2. The van der Waals surface area contributed by atoms with E-state index in [1.807, 2.05) is 11.0 Å². The van der Waals surface area contributed by atoms with E-state index in [2.05, 4.69) is 34.3 Å². The van der Waals surface area contributed by atoms with Crippen molar-refractivity contribution in [2.24, 2.45) is 11.7 Å². The molecule has 3 unspecified atom stereocenters. The molecule has 0 aliphatic carbocycles. The summed E-state index contributed by atoms with van der Waals surface area (Å²) in [6.07, 6.45) is 2.61. The predicted molar refractivity (Wildman–Crippen MR) is 175 cm³/mol. The van der Waals surface area contributed by atoms with Crippen molar-refractivity contribution < 1.29 is 14.4 Å². The first kappa shape index (κ1) is 33.0. The van der Waals surface area contributed by atoms with E-state index in [9.17, 15) is 14.4 Å². The minimum absolute atomic E-state index is 0.173. The van der Waals surface area contributed by atoms with Crippen LogP contribution in [0.2, 0.25) is 20.1 Å². The van der Waals surface area contributed by atoms with Gasteiger partial charge in [0.25, 0.3) is 5.91 Å². The molecular formula is C31H36Cl4N6O3. The predicted octanol–water partition coefficient (Wildman–Crippen LogP) is 4.37. The number of amides is 3. The number of primary amides is 1. The minimum atomic E-state index is -1.80. The summed E-state index contributed by atoms with van der Waals surface area (Å²) in [6.45, 7) is 9.87. The van der Waals surface area contributed by atoms with Gasteiger partial charge in [-0.25, -0.2) is 0 Å². The van der Waals surface area contributed by atoms with Crippen LogP contribution in [0, 0.1) is 5.92 Å². The van der Waals surface area contributed by atoms with Gasteiger partial charge < -0.3 is 21.3 Å². The highest BCUT2D eigenvalue weighted by atomic mass is 35.5. The highest BCUT2D eigenvalue weighted by Gasteiger charge is 2.53. The number of benzene rings is 2. The number of anilines is 1. The molecule has 9 nitrogen and oxygen atoms in total. The molecule has 1 fully saturated rings. The second kappa shape index (κ2) is 13.5. The first-order chi connectivity index (χ1) is 21.0. The average molecular weight is 682 g/mol. The van der Waals surface area contributed by atoms with Crippen molar-refractivity contribution in [3.05, 3.63) is 73.2 Å². The van der Waals surface area contributed by atoms with Gasteiger partial charge in [-0.2, -0.15) is 0 Å². The van der Waals surface area contributed by atoms with Crippen LogP contribution in [0.4, 0.5) is 5.69 Å². The van der Waals surface area contributed by atoms with Crippen molar-refractivity contribution in [2.45, 2.75) is 31.8 Å². The number of nitrogens with two attached hydrogens (primary N) is 1. The van der Waals surface area contributed by atoms with Crippen LogP contribution < -0.4 is 16.4 Å². The summed E-state index contributed by atoms with van der Waals surface area (Å²) in [4.78, 5) is 48.7. The number of hydrogen-bond donors (Lipinski definition) is 3. The van der Waals surface area contributed by atoms with Crippen LogP contribution in [0.15, 0.2) is 42.0 Å². The Labute approximate surface area is 277 Å². The Hall–Kier alpha value is -2.37. The Bertz CT molecular complexity index is 1490. The summed E-state index contributed by atoms with van der Waals surface area (Å²) < 4.78 is 0. The quantitative estimate of drug-likeness (QED) is 0.339. The smallest absolute Gasteiger partial charge is 0.259 e. The molecule has 0 bridgehead atoms. The number of rotatable bonds is 9. The van der Waals surface area contributed by atoms with Crippen molar-refractivity contribution >= 4 is 69.8 Å². The van der Waals surface area contributed by atoms with Gasteiger partial charge in [0.1, 0.15) is 6.04 Å². The zero-order chi connectivity index (χ0) is 31.8. The van der Waals surface area contributed by atoms with Crippen LogP contribution in [-0.4, -0.2) is 90.8 Å². The van der Waals surface area contributed by atoms with Gasteiger partial charge in [-0.1, -0.05) is 78.0 Å². The number of piperazine rings is 1. The van der Waals surface area contributed by atoms with E-state index in [0.717, 1.165) is 38.3 Å². The highest BCUT2D eigenvalue weighted by molar-refractivity contribution is 6.42. The highest BCUT2D eigenvalue weighted by Crippen LogP contribution is 2.47. The van der Waals surface area contributed by atoms with Crippen LogP contribution in [0.1, 0.15) is 31.4 Å². The van der Waals surface area contributed by atoms with Gasteiger partial charge in [0.15, 0.2) is 5.54 Å². The zero-order valence-electron chi connectivity index (χ0n) is 24.6. The maximum absolute atomic E-state index is 14.8. The van der Waals surface area contributed by atoms with E-state index in [1.54, 1.807) is 18.2 Å². The molecule has 3 aliphatic rings. The SMILES string of the molecule is CCN1CC=C(C(C(N)=O)C(C(=O)NC2(c3ccc(Cl)c(Cl)c3)C(=O)Nc3cc(Cl)cc(Cl)c32)N2CCN(CC)CC2)CC1. The Balaban J connectivity index is 1.63. The van der Waals surface area contributed by atoms with Gasteiger partial charge in [-0.05, 0) is 49.3 Å². The lowest BCUT2D eigenvalue weighted by molar-refractivity contribution is -0.138. The van der Waals surface area contributed by atoms with E-state index in [1.165, 1.54) is 12.1 Å². The van der Waals surface area contributed by atoms with Crippen molar-refractivity contribution in [3.63, 3.8) is 0 Å². The molecule has 236 valence electrons. The van der Waals surface area contributed by atoms with Gasteiger partial charge >= 0.3 is 0 Å². The van der Waals surface area contributed by atoms with Gasteiger partial charge in [0.05, 0.1) is 26.7 Å². The molecule has 1 saturated heterocycles. The number of nitrogens with zero attached hydrogens (tertiary/aromatic N) is 3. The maximum atomic E-state index is 14.8. The summed E-state index contributed by atoms with van der Waals surface area (Å²) in [6, 6.07) is 6.83. The van der Waals surface area contributed by atoms with E-state index in [0.29, 0.717) is 47.9 Å². The molecule has 5 rings (SSSR count). The number of carbonyl (C=O) groups is 3. The second-order valence-electron chi connectivity index (χ2n) is 11.3. The molecule has 2 aromatic rings. The van der Waals surface area contributed by atoms with E-state index < -0.39 is 35.2 Å². The van der Waals surface area contributed by atoms with Gasteiger partial charge in [0, 0.05) is 49.9 Å². The first-order valence-corrected chi connectivity index (χ1v) is 16.3. The molecule has 13 heteroatoms. The number of nitrogens with one attached hydrogen (secondary N) is 2. The summed E-state index contributed by atoms with van der Waals surface area (Å²) in [5, 5.41) is 6.86. The van der Waals surface area contributed by atoms with E-state index in [-0.39, 0.29) is 15.1 Å². The second-order valence-corrected chi connectivity index (χ2v) is 13.0. The fraction of sp³-hybridized carbons (Fsp3) is 0.452. The Morgan fingerprint density at radius 3 is 2.25 bits per heavy atom. The number of carbonyl (C=O) groups excluding carboxylic acids is 3. The number of fused-ring (bicyclic) bond motifs is 1. The van der Waals surface area contributed by atoms with Crippen LogP contribution in [0.3, 0.4) is 0 Å². The largest absolute Gasteiger partial charge is 0.369 e. The van der Waals surface area contributed by atoms with Crippen molar-refractivity contribution in [1.82, 2.24) is 20.0 Å². The normalized spacial score (nSPS) is 22.6. The standard InChI is InChI=1S/C31H36Cl4N6O3/c1-3-39-9-7-18(8-10-39)25(28(36)42)27(41-13-11-40(4-2)12-14-41)29(43)38-31(19-5-6-21(33)22(34)15-19)26-23(35)16-20(32)17-24(26)37-30(31)44/h5-7,15-17,25,27H,3-4,8-14H2,1-2H3,(H2,36,42)(H,37,44)(H,38,43). The lowest BCUT2D eigenvalue weighted by atomic mass is 9.81. The van der Waals surface area contributed by atoms with Crippen LogP contribution in [0.5, 0.6) is 0 Å². The topological polar surface area (TPSA) is 111 Å². The third-order valence-corrected chi connectivity index (χ3v) is 10.3. The zero-order valence-corrected chi connectivity index (χ0v) is 27.7. The summed E-state index contributed by atoms with van der Waals surface area (Å²) in [7, 11) is 0. The van der Waals surface area contributed by atoms with Crippen molar-refractivity contribution in [1.29, 1.82) is 0 Å². The minimum Gasteiger partial charge on any atom is -0.369 e. The molecule has 3 aliphatic heterocycles. The fourth-order valence-electron chi connectivity index (χ4n) is 6.56. The average Bonchev–Trinajstić information content (AvgIpc) is 3.28. The van der Waals surface area contributed by atoms with Gasteiger partial charge in [-0.15, -0.1) is 0 Å². The molecule has 0 aromatic heterocycles. The molecule has 3 atom stereocenters. The Morgan fingerprint density at radius 2 is 1.66 bits per heavy atom. The first-order valence-electron chi connectivity index (χ1n) is 14.8. The van der Waals surface area contributed by atoms with Crippen molar-refractivity contribution in [2.75, 3.05) is 57.7 Å².